The van der Waals surface area contributed by atoms with Crippen molar-refractivity contribution in [3.63, 3.8) is 0 Å². The van der Waals surface area contributed by atoms with Crippen molar-refractivity contribution in [2.45, 2.75) is 25.3 Å². The molecule has 6 nitrogen and oxygen atoms in total. The normalized spacial score (nSPS) is 17.7. The maximum Gasteiger partial charge on any atom is 0.406 e. The molecule has 1 unspecified atom stereocenters. The van der Waals surface area contributed by atoms with Gasteiger partial charge in [0.25, 0.3) is 0 Å². The predicted molar refractivity (Wildman–Crippen MR) is 93.5 cm³/mol. The van der Waals surface area contributed by atoms with E-state index in [-0.39, 0.29) is 0 Å². The van der Waals surface area contributed by atoms with Crippen LogP contribution in [0.2, 0.25) is 0 Å². The van der Waals surface area contributed by atoms with Gasteiger partial charge in [0, 0.05) is 38.6 Å². The molecule has 1 aliphatic heterocycles. The Morgan fingerprint density at radius 3 is 2.41 bits per heavy atom. The van der Waals surface area contributed by atoms with Crippen LogP contribution in [-0.4, -0.2) is 57.6 Å². The highest BCUT2D eigenvalue weighted by atomic mass is 19.4. The van der Waals surface area contributed by atoms with E-state index >= 15 is 0 Å². The molecule has 0 radical (unpaired) electrons. The maximum atomic E-state index is 12.6. The molecule has 0 spiro atoms. The number of nitrogens with zero attached hydrogens (tertiary/aromatic N) is 4. The highest BCUT2D eigenvalue weighted by Gasteiger charge is 2.31. The molecule has 3 rings (SSSR count). The van der Waals surface area contributed by atoms with E-state index in [4.69, 9.17) is 5.73 Å². The zero-order valence-corrected chi connectivity index (χ0v) is 14.8. The summed E-state index contributed by atoms with van der Waals surface area (Å²) in [7, 11) is 0. The number of aromatic nitrogens is 2. The molecule has 0 bridgehead atoms. The van der Waals surface area contributed by atoms with Crippen LogP contribution >= 0.6 is 0 Å². The van der Waals surface area contributed by atoms with Gasteiger partial charge in [0.1, 0.15) is 18.4 Å². The first-order chi connectivity index (χ1) is 12.8. The van der Waals surface area contributed by atoms with Gasteiger partial charge in [-0.1, -0.05) is 30.3 Å². The van der Waals surface area contributed by atoms with E-state index in [1.165, 1.54) is 12.4 Å². The van der Waals surface area contributed by atoms with E-state index in [0.717, 1.165) is 10.1 Å². The van der Waals surface area contributed by atoms with Crippen LogP contribution in [0.15, 0.2) is 42.7 Å². The highest BCUT2D eigenvalue weighted by molar-refractivity contribution is 5.81. The number of benzene rings is 1. The van der Waals surface area contributed by atoms with Crippen molar-refractivity contribution in [3.8, 4) is 0 Å². The van der Waals surface area contributed by atoms with Crippen molar-refractivity contribution < 1.29 is 18.0 Å². The molecule has 9 heteroatoms. The summed E-state index contributed by atoms with van der Waals surface area (Å²) in [5.41, 5.74) is 6.45. The number of primary amides is 1. The van der Waals surface area contributed by atoms with Crippen LogP contribution in [0.3, 0.4) is 0 Å². The Labute approximate surface area is 155 Å². The zero-order valence-electron chi connectivity index (χ0n) is 14.8. The fourth-order valence-corrected chi connectivity index (χ4v) is 3.40. The van der Waals surface area contributed by atoms with E-state index in [0.29, 0.717) is 38.5 Å². The third-order valence-electron chi connectivity index (χ3n) is 4.67. The van der Waals surface area contributed by atoms with Gasteiger partial charge in [-0.2, -0.15) is 13.2 Å². The molecule has 1 aromatic carbocycles. The molecule has 2 N–H and O–H groups in total. The molecule has 27 heavy (non-hydrogen) atoms. The molecule has 1 fully saturated rings. The minimum Gasteiger partial charge on any atom is -0.368 e. The molecule has 1 saturated heterocycles. The summed E-state index contributed by atoms with van der Waals surface area (Å²) in [6, 6.07) is 8.85. The van der Waals surface area contributed by atoms with Crippen molar-refractivity contribution in [2.24, 2.45) is 5.73 Å². The maximum absolute atomic E-state index is 12.6. The first kappa shape index (κ1) is 19.4. The van der Waals surface area contributed by atoms with Gasteiger partial charge in [0.2, 0.25) is 5.91 Å². The van der Waals surface area contributed by atoms with Gasteiger partial charge >= 0.3 is 6.18 Å². The van der Waals surface area contributed by atoms with Crippen LogP contribution in [0.4, 0.5) is 13.2 Å². The van der Waals surface area contributed by atoms with Crippen LogP contribution in [0.1, 0.15) is 17.4 Å². The van der Waals surface area contributed by atoms with E-state index in [1.54, 1.807) is 0 Å². The third kappa shape index (κ3) is 5.08. The number of rotatable bonds is 6. The summed E-state index contributed by atoms with van der Waals surface area (Å²) < 4.78 is 39.1. The Morgan fingerprint density at radius 1 is 1.15 bits per heavy atom. The number of piperazine rings is 1. The average Bonchev–Trinajstić information content (AvgIpc) is 3.02. The van der Waals surface area contributed by atoms with Crippen molar-refractivity contribution in [3.05, 3.63) is 54.1 Å². The molecule has 2 heterocycles. The minimum absolute atomic E-state index is 0.337. The standard InChI is InChI=1S/C18H22F3N5O/c19-18(20,21)13-26-7-6-23-15(26)12-24-8-10-25(11-9-24)16(17(22)27)14-4-2-1-3-5-14/h1-7,16H,8-13H2,(H2,22,27). The van der Waals surface area contributed by atoms with Crippen LogP contribution < -0.4 is 5.73 Å². The Kier molecular flexibility index (Phi) is 5.81. The number of carbonyl (C=O) groups is 1. The number of halogens is 3. The Balaban J connectivity index is 1.61. The van der Waals surface area contributed by atoms with Gasteiger partial charge in [0.05, 0.1) is 6.54 Å². The minimum atomic E-state index is -4.28. The van der Waals surface area contributed by atoms with E-state index in [2.05, 4.69) is 4.98 Å². The van der Waals surface area contributed by atoms with Crippen LogP contribution in [-0.2, 0) is 17.9 Å². The van der Waals surface area contributed by atoms with Gasteiger partial charge < -0.3 is 10.3 Å². The van der Waals surface area contributed by atoms with Crippen molar-refractivity contribution >= 4 is 5.91 Å². The summed E-state index contributed by atoms with van der Waals surface area (Å²) in [4.78, 5) is 20.1. The summed E-state index contributed by atoms with van der Waals surface area (Å²) in [6.07, 6.45) is -1.55. The van der Waals surface area contributed by atoms with Crippen LogP contribution in [0.5, 0.6) is 0 Å². The van der Waals surface area contributed by atoms with Gasteiger partial charge in [-0.15, -0.1) is 0 Å². The monoisotopic (exact) mass is 381 g/mol. The first-order valence-electron chi connectivity index (χ1n) is 8.71. The number of hydrogen-bond acceptors (Lipinski definition) is 4. The van der Waals surface area contributed by atoms with Gasteiger partial charge in [-0.25, -0.2) is 4.98 Å². The molecule has 146 valence electrons. The van der Waals surface area contributed by atoms with Crippen molar-refractivity contribution in [1.29, 1.82) is 0 Å². The topological polar surface area (TPSA) is 67.4 Å². The fourth-order valence-electron chi connectivity index (χ4n) is 3.40. The highest BCUT2D eigenvalue weighted by Crippen LogP contribution is 2.23. The van der Waals surface area contributed by atoms with Gasteiger partial charge in [0.15, 0.2) is 0 Å². The van der Waals surface area contributed by atoms with Crippen LogP contribution in [0, 0.1) is 0 Å². The Morgan fingerprint density at radius 2 is 1.81 bits per heavy atom. The van der Waals surface area contributed by atoms with Gasteiger partial charge in [-0.3, -0.25) is 14.6 Å². The van der Waals surface area contributed by atoms with E-state index < -0.39 is 24.7 Å². The summed E-state index contributed by atoms with van der Waals surface area (Å²) in [5, 5.41) is 0. The number of alkyl halides is 3. The second-order valence-electron chi connectivity index (χ2n) is 6.61. The summed E-state index contributed by atoms with van der Waals surface area (Å²) in [6.45, 7) is 1.74. The number of nitrogens with two attached hydrogens (primary N) is 1. The quantitative estimate of drug-likeness (QED) is 0.829. The molecule has 1 aromatic heterocycles. The summed E-state index contributed by atoms with van der Waals surface area (Å²) >= 11 is 0. The lowest BCUT2D eigenvalue weighted by atomic mass is 10.0. The molecule has 1 atom stereocenters. The molecule has 1 aliphatic rings. The third-order valence-corrected chi connectivity index (χ3v) is 4.67. The lowest BCUT2D eigenvalue weighted by Crippen LogP contribution is -2.50. The predicted octanol–water partition coefficient (Wildman–Crippen LogP) is 1.79. The molecule has 2 aromatic rings. The second kappa shape index (κ2) is 8.10. The SMILES string of the molecule is NC(=O)C(c1ccccc1)N1CCN(Cc2nccn2CC(F)(F)F)CC1. The zero-order chi connectivity index (χ0) is 19.4. The summed E-state index contributed by atoms with van der Waals surface area (Å²) in [5.74, 6) is -0.0225. The Bertz CT molecular complexity index is 754. The molecular formula is C18H22F3N5O. The first-order valence-corrected chi connectivity index (χ1v) is 8.71. The lowest BCUT2D eigenvalue weighted by Gasteiger charge is -2.38. The number of imidazole rings is 1. The number of amides is 1. The number of carbonyl (C=O) groups excluding carboxylic acids is 1. The average molecular weight is 381 g/mol. The molecule has 1 amide bonds. The molecule has 0 saturated carbocycles. The number of hydrogen-bond donors (Lipinski definition) is 1. The second-order valence-corrected chi connectivity index (χ2v) is 6.61. The lowest BCUT2D eigenvalue weighted by molar-refractivity contribution is -0.141. The van der Waals surface area contributed by atoms with E-state index in [9.17, 15) is 18.0 Å². The van der Waals surface area contributed by atoms with Crippen molar-refractivity contribution in [1.82, 2.24) is 19.4 Å². The molecular weight excluding hydrogens is 359 g/mol. The Hall–Kier alpha value is -2.39. The smallest absolute Gasteiger partial charge is 0.368 e. The van der Waals surface area contributed by atoms with Crippen LogP contribution in [0.25, 0.3) is 0 Å². The van der Waals surface area contributed by atoms with Gasteiger partial charge in [-0.05, 0) is 5.56 Å². The fraction of sp³-hybridized carbons (Fsp3) is 0.444. The molecule has 0 aliphatic carbocycles. The largest absolute Gasteiger partial charge is 0.406 e. The van der Waals surface area contributed by atoms with E-state index in [1.807, 2.05) is 40.1 Å². The van der Waals surface area contributed by atoms with Crippen molar-refractivity contribution in [2.75, 3.05) is 26.2 Å².